The summed E-state index contributed by atoms with van der Waals surface area (Å²) in [5.74, 6) is 0.862. The highest BCUT2D eigenvalue weighted by Crippen LogP contribution is 2.10. The summed E-state index contributed by atoms with van der Waals surface area (Å²) in [4.78, 5) is 4.43. The molecule has 0 amide bonds. The highest BCUT2D eigenvalue weighted by molar-refractivity contribution is 7.09. The maximum atomic E-state index is 4.43. The summed E-state index contributed by atoms with van der Waals surface area (Å²) < 4.78 is 0. The first kappa shape index (κ1) is 14.7. The van der Waals surface area contributed by atoms with Gasteiger partial charge in [-0.05, 0) is 25.8 Å². The molecule has 3 heteroatoms. The molecule has 0 aliphatic heterocycles. The molecule has 17 heavy (non-hydrogen) atoms. The third-order valence-corrected chi connectivity index (χ3v) is 3.79. The zero-order valence-electron chi connectivity index (χ0n) is 11.5. The molecule has 0 aliphatic rings. The summed E-state index contributed by atoms with van der Waals surface area (Å²) in [5, 5.41) is 6.79. The Bertz CT molecular complexity index is 294. The zero-order chi connectivity index (χ0) is 12.5. The van der Waals surface area contributed by atoms with E-state index in [9.17, 15) is 0 Å². The summed E-state index contributed by atoms with van der Waals surface area (Å²) in [6.07, 6.45) is 6.81. The lowest BCUT2D eigenvalue weighted by atomic mass is 10.0. The minimum absolute atomic E-state index is 0.862. The topological polar surface area (TPSA) is 24.9 Å². The molecule has 0 bridgehead atoms. The van der Waals surface area contributed by atoms with Crippen molar-refractivity contribution in [2.75, 3.05) is 6.54 Å². The Hall–Kier alpha value is -0.410. The molecule has 0 fully saturated rings. The second kappa shape index (κ2) is 8.65. The predicted octanol–water partition coefficient (Wildman–Crippen LogP) is 4.15. The molecule has 0 saturated carbocycles. The van der Waals surface area contributed by atoms with E-state index in [0.29, 0.717) is 0 Å². The van der Waals surface area contributed by atoms with Crippen LogP contribution in [0.5, 0.6) is 0 Å². The molecule has 1 heterocycles. The molecule has 1 N–H and O–H groups in total. The average Bonchev–Trinajstić information content (AvgIpc) is 2.68. The number of unbranched alkanes of at least 4 members (excludes halogenated alkanes) is 3. The quantitative estimate of drug-likeness (QED) is 0.670. The number of aryl methyl sites for hydroxylation is 1. The number of aromatic nitrogens is 1. The molecule has 98 valence electrons. The van der Waals surface area contributed by atoms with Crippen LogP contribution in [0.15, 0.2) is 5.38 Å². The van der Waals surface area contributed by atoms with Gasteiger partial charge in [-0.3, -0.25) is 0 Å². The van der Waals surface area contributed by atoms with Crippen LogP contribution in [0.3, 0.4) is 0 Å². The van der Waals surface area contributed by atoms with Crippen LogP contribution in [0, 0.1) is 12.8 Å². The zero-order valence-corrected chi connectivity index (χ0v) is 12.3. The van der Waals surface area contributed by atoms with Gasteiger partial charge in [-0.25, -0.2) is 4.98 Å². The molecule has 0 aliphatic carbocycles. The number of hydrogen-bond acceptors (Lipinski definition) is 3. The Morgan fingerprint density at radius 1 is 1.24 bits per heavy atom. The van der Waals surface area contributed by atoms with Crippen LogP contribution < -0.4 is 5.32 Å². The fraction of sp³-hybridized carbons (Fsp3) is 0.786. The average molecular weight is 254 g/mol. The van der Waals surface area contributed by atoms with Gasteiger partial charge in [0.25, 0.3) is 0 Å². The van der Waals surface area contributed by atoms with Crippen LogP contribution in [0.2, 0.25) is 0 Å². The van der Waals surface area contributed by atoms with E-state index in [2.05, 4.69) is 36.5 Å². The van der Waals surface area contributed by atoms with E-state index in [1.807, 2.05) is 0 Å². The smallest absolute Gasteiger partial charge is 0.107 e. The fourth-order valence-electron chi connectivity index (χ4n) is 1.84. The number of nitrogens with one attached hydrogen (secondary N) is 1. The van der Waals surface area contributed by atoms with Gasteiger partial charge in [0.2, 0.25) is 0 Å². The molecule has 1 aromatic rings. The first-order chi connectivity index (χ1) is 8.18. The second-order valence-electron chi connectivity index (χ2n) is 5.16. The lowest BCUT2D eigenvalue weighted by Crippen LogP contribution is -2.14. The first-order valence-electron chi connectivity index (χ1n) is 6.80. The Morgan fingerprint density at radius 3 is 2.65 bits per heavy atom. The van der Waals surface area contributed by atoms with Gasteiger partial charge in [0.05, 0.1) is 0 Å². The van der Waals surface area contributed by atoms with Crippen LogP contribution in [0.1, 0.15) is 56.7 Å². The molecule has 0 atom stereocenters. The van der Waals surface area contributed by atoms with Gasteiger partial charge >= 0.3 is 0 Å². The van der Waals surface area contributed by atoms with Gasteiger partial charge in [0.1, 0.15) is 5.01 Å². The lowest BCUT2D eigenvalue weighted by molar-refractivity contribution is 0.512. The van der Waals surface area contributed by atoms with Gasteiger partial charge in [-0.2, -0.15) is 0 Å². The van der Waals surface area contributed by atoms with E-state index in [-0.39, 0.29) is 0 Å². The van der Waals surface area contributed by atoms with E-state index in [0.717, 1.165) is 24.7 Å². The molecule has 0 spiro atoms. The van der Waals surface area contributed by atoms with Gasteiger partial charge in [0, 0.05) is 17.6 Å². The van der Waals surface area contributed by atoms with E-state index in [4.69, 9.17) is 0 Å². The first-order valence-corrected chi connectivity index (χ1v) is 7.68. The number of nitrogens with zero attached hydrogens (tertiary/aromatic N) is 1. The van der Waals surface area contributed by atoms with Crippen molar-refractivity contribution in [2.24, 2.45) is 5.92 Å². The van der Waals surface area contributed by atoms with Crippen molar-refractivity contribution in [3.63, 3.8) is 0 Å². The third-order valence-electron chi connectivity index (χ3n) is 2.83. The molecule has 1 aromatic heterocycles. The van der Waals surface area contributed by atoms with Crippen molar-refractivity contribution < 1.29 is 0 Å². The summed E-state index contributed by atoms with van der Waals surface area (Å²) in [7, 11) is 0. The maximum Gasteiger partial charge on any atom is 0.107 e. The Labute approximate surface area is 110 Å². The summed E-state index contributed by atoms with van der Waals surface area (Å²) in [6.45, 7) is 8.72. The van der Waals surface area contributed by atoms with Crippen molar-refractivity contribution in [1.82, 2.24) is 10.3 Å². The van der Waals surface area contributed by atoms with Crippen LogP contribution >= 0.6 is 11.3 Å². The van der Waals surface area contributed by atoms with Crippen molar-refractivity contribution in [3.8, 4) is 0 Å². The summed E-state index contributed by atoms with van der Waals surface area (Å²) >= 11 is 1.75. The molecule has 0 saturated heterocycles. The standard InChI is InChI=1S/C14H26N2S/c1-12(2)8-6-4-5-7-9-15-10-14-16-13(3)11-17-14/h11-12,15H,4-10H2,1-3H3. The van der Waals surface area contributed by atoms with Crippen LogP contribution in [-0.2, 0) is 6.54 Å². The van der Waals surface area contributed by atoms with Gasteiger partial charge in [0.15, 0.2) is 0 Å². The molecule has 0 unspecified atom stereocenters. The molecular formula is C14H26N2S. The molecule has 0 radical (unpaired) electrons. The lowest BCUT2D eigenvalue weighted by Gasteiger charge is -2.05. The van der Waals surface area contributed by atoms with E-state index >= 15 is 0 Å². The molecule has 1 rings (SSSR count). The number of hydrogen-bond donors (Lipinski definition) is 1. The highest BCUT2D eigenvalue weighted by atomic mass is 32.1. The monoisotopic (exact) mass is 254 g/mol. The van der Waals surface area contributed by atoms with Crippen molar-refractivity contribution in [3.05, 3.63) is 16.1 Å². The van der Waals surface area contributed by atoms with Crippen LogP contribution in [0.4, 0.5) is 0 Å². The minimum Gasteiger partial charge on any atom is -0.310 e. The largest absolute Gasteiger partial charge is 0.310 e. The summed E-state index contributed by atoms with van der Waals surface area (Å²) in [5.41, 5.74) is 1.14. The normalized spacial score (nSPS) is 11.3. The Morgan fingerprint density at radius 2 is 2.00 bits per heavy atom. The molecule has 2 nitrogen and oxygen atoms in total. The highest BCUT2D eigenvalue weighted by Gasteiger charge is 1.98. The van der Waals surface area contributed by atoms with Gasteiger partial charge < -0.3 is 5.32 Å². The van der Waals surface area contributed by atoms with E-state index in [1.54, 1.807) is 11.3 Å². The molecule has 0 aromatic carbocycles. The van der Waals surface area contributed by atoms with Crippen LogP contribution in [0.25, 0.3) is 0 Å². The second-order valence-corrected chi connectivity index (χ2v) is 6.10. The predicted molar refractivity (Wildman–Crippen MR) is 76.5 cm³/mol. The van der Waals surface area contributed by atoms with Crippen LogP contribution in [-0.4, -0.2) is 11.5 Å². The Balaban J connectivity index is 1.88. The van der Waals surface area contributed by atoms with Gasteiger partial charge in [-0.1, -0.05) is 39.5 Å². The SMILES string of the molecule is Cc1csc(CNCCCCCCC(C)C)n1. The fourth-order valence-corrected chi connectivity index (χ4v) is 2.58. The van der Waals surface area contributed by atoms with E-state index < -0.39 is 0 Å². The van der Waals surface area contributed by atoms with Crippen molar-refractivity contribution in [2.45, 2.75) is 59.4 Å². The third kappa shape index (κ3) is 7.50. The summed E-state index contributed by atoms with van der Waals surface area (Å²) in [6, 6.07) is 0. The minimum atomic E-state index is 0.862. The van der Waals surface area contributed by atoms with Gasteiger partial charge in [-0.15, -0.1) is 11.3 Å². The number of thiazole rings is 1. The van der Waals surface area contributed by atoms with Crippen molar-refractivity contribution in [1.29, 1.82) is 0 Å². The molecular weight excluding hydrogens is 228 g/mol. The van der Waals surface area contributed by atoms with E-state index in [1.165, 1.54) is 37.1 Å². The maximum absolute atomic E-state index is 4.43. The number of rotatable bonds is 9. The Kier molecular flexibility index (Phi) is 7.45. The van der Waals surface area contributed by atoms with Crippen molar-refractivity contribution >= 4 is 11.3 Å².